The third-order valence-corrected chi connectivity index (χ3v) is 7.52. The zero-order valence-electron chi connectivity index (χ0n) is 20.0. The van der Waals surface area contributed by atoms with Gasteiger partial charge in [-0.15, -0.1) is 0 Å². The zero-order valence-corrected chi connectivity index (χ0v) is 21.5. The van der Waals surface area contributed by atoms with Crippen LogP contribution in [0.3, 0.4) is 0 Å². The molecule has 5 rings (SSSR count). The van der Waals surface area contributed by atoms with Crippen LogP contribution in [0.15, 0.2) is 36.8 Å². The number of halogens is 2. The van der Waals surface area contributed by atoms with Gasteiger partial charge in [0.15, 0.2) is 6.23 Å². The Kier molecular flexibility index (Phi) is 6.72. The summed E-state index contributed by atoms with van der Waals surface area (Å²) >= 11 is 12.7. The van der Waals surface area contributed by atoms with E-state index >= 15 is 0 Å². The number of nitrogens with one attached hydrogen (secondary N) is 1. The third kappa shape index (κ3) is 4.76. The van der Waals surface area contributed by atoms with Gasteiger partial charge in [-0.3, -0.25) is 20.5 Å². The second kappa shape index (κ2) is 9.78. The van der Waals surface area contributed by atoms with Crippen LogP contribution in [0.25, 0.3) is 22.2 Å². The molecule has 1 aliphatic rings. The van der Waals surface area contributed by atoms with Crippen molar-refractivity contribution in [1.29, 1.82) is 0 Å². The van der Waals surface area contributed by atoms with E-state index in [0.717, 1.165) is 48.1 Å². The van der Waals surface area contributed by atoms with Crippen molar-refractivity contribution in [3.8, 4) is 17.0 Å². The van der Waals surface area contributed by atoms with Crippen LogP contribution >= 0.6 is 23.2 Å². The van der Waals surface area contributed by atoms with Crippen LogP contribution in [0.1, 0.15) is 50.2 Å². The molecule has 0 amide bonds. The number of nitrogens with two attached hydrogens (primary N) is 1. The molecule has 1 fully saturated rings. The molecule has 0 radical (unpaired) electrons. The Morgan fingerprint density at radius 3 is 2.69 bits per heavy atom. The molecule has 1 aromatic carbocycles. The molecule has 0 spiro atoms. The molecule has 35 heavy (non-hydrogen) atoms. The number of rotatable bonds is 6. The van der Waals surface area contributed by atoms with Crippen molar-refractivity contribution < 1.29 is 4.74 Å². The van der Waals surface area contributed by atoms with Crippen LogP contribution in [-0.2, 0) is 0 Å². The van der Waals surface area contributed by atoms with Gasteiger partial charge in [-0.2, -0.15) is 10.2 Å². The van der Waals surface area contributed by atoms with E-state index in [1.807, 2.05) is 24.4 Å². The smallest absolute Gasteiger partial charge is 0.177 e. The van der Waals surface area contributed by atoms with Crippen LogP contribution in [0.5, 0.6) is 5.75 Å². The monoisotopic (exact) mass is 513 g/mol. The SMILES string of the molecule is Cc1ncc(Cl)c([C@@H](N)Oc2ccc3[nH]nc(-c4cnn(C5CCN(C(C)C)CC5)c4)c3c2)c1Cl. The molecule has 8 nitrogen and oxygen atoms in total. The number of likely N-dealkylation sites (tertiary alicyclic amines) is 1. The van der Waals surface area contributed by atoms with Crippen molar-refractivity contribution in [2.24, 2.45) is 5.73 Å². The largest absolute Gasteiger partial charge is 0.471 e. The summed E-state index contributed by atoms with van der Waals surface area (Å²) in [4.78, 5) is 6.67. The minimum Gasteiger partial charge on any atom is -0.471 e. The van der Waals surface area contributed by atoms with Gasteiger partial charge in [0.2, 0.25) is 0 Å². The van der Waals surface area contributed by atoms with Gasteiger partial charge >= 0.3 is 0 Å². The van der Waals surface area contributed by atoms with E-state index in [0.29, 0.717) is 39.1 Å². The fourth-order valence-corrected chi connectivity index (χ4v) is 5.22. The molecule has 1 saturated heterocycles. The minimum absolute atomic E-state index is 0.366. The minimum atomic E-state index is -0.844. The summed E-state index contributed by atoms with van der Waals surface area (Å²) in [7, 11) is 0. The van der Waals surface area contributed by atoms with Crippen LogP contribution in [-0.4, -0.2) is 49.0 Å². The first-order valence-corrected chi connectivity index (χ1v) is 12.6. The lowest BCUT2D eigenvalue weighted by molar-refractivity contribution is 0.147. The van der Waals surface area contributed by atoms with Gasteiger partial charge in [0, 0.05) is 48.0 Å². The number of pyridine rings is 1. The standard InChI is InChI=1S/C25H29Cl2N7O/c1-14(2)33-8-6-17(7-9-33)34-13-16(11-30-34)24-19-10-18(4-5-21(19)31-32-24)35-25(28)22-20(26)12-29-15(3)23(22)27/h4-5,10-14,17,25H,6-9,28H2,1-3H3,(H,31,32)/t25-/m0/s1. The number of fused-ring (bicyclic) bond motifs is 1. The highest BCUT2D eigenvalue weighted by Crippen LogP contribution is 2.34. The number of hydrogen-bond donors (Lipinski definition) is 2. The number of nitrogens with zero attached hydrogens (tertiary/aromatic N) is 5. The molecule has 3 aromatic heterocycles. The summed E-state index contributed by atoms with van der Waals surface area (Å²) in [6.07, 6.45) is 6.84. The van der Waals surface area contributed by atoms with Crippen molar-refractivity contribution in [2.75, 3.05) is 13.1 Å². The molecule has 10 heteroatoms. The van der Waals surface area contributed by atoms with Gasteiger partial charge in [0.25, 0.3) is 0 Å². The van der Waals surface area contributed by atoms with Crippen LogP contribution < -0.4 is 10.5 Å². The fourth-order valence-electron chi connectivity index (χ4n) is 4.66. The number of H-pyrrole nitrogens is 1. The summed E-state index contributed by atoms with van der Waals surface area (Å²) in [5, 5.41) is 14.0. The van der Waals surface area contributed by atoms with Gasteiger partial charge in [0.05, 0.1) is 33.5 Å². The van der Waals surface area contributed by atoms with Gasteiger partial charge < -0.3 is 9.64 Å². The average molecular weight is 514 g/mol. The van der Waals surface area contributed by atoms with Crippen molar-refractivity contribution >= 4 is 34.1 Å². The maximum atomic E-state index is 6.40. The molecular weight excluding hydrogens is 485 g/mol. The number of hydrogen-bond acceptors (Lipinski definition) is 6. The molecule has 184 valence electrons. The molecule has 0 unspecified atom stereocenters. The maximum absolute atomic E-state index is 6.40. The van der Waals surface area contributed by atoms with E-state index in [-0.39, 0.29) is 0 Å². The number of ether oxygens (including phenoxy) is 1. The molecule has 0 aliphatic carbocycles. The highest BCUT2D eigenvalue weighted by molar-refractivity contribution is 6.36. The lowest BCUT2D eigenvalue weighted by Crippen LogP contribution is -2.39. The molecular formula is C25H29Cl2N7O. The molecule has 0 bridgehead atoms. The van der Waals surface area contributed by atoms with Crippen LogP contribution in [0, 0.1) is 6.92 Å². The van der Waals surface area contributed by atoms with Crippen molar-refractivity contribution in [3.05, 3.63) is 58.1 Å². The number of aromatic nitrogens is 5. The zero-order chi connectivity index (χ0) is 24.7. The van der Waals surface area contributed by atoms with E-state index in [2.05, 4.69) is 49.9 Å². The number of piperidine rings is 1. The van der Waals surface area contributed by atoms with Crippen molar-refractivity contribution in [3.63, 3.8) is 0 Å². The van der Waals surface area contributed by atoms with Crippen molar-refractivity contribution in [1.82, 2.24) is 29.9 Å². The first kappa shape index (κ1) is 24.1. The second-order valence-corrected chi connectivity index (χ2v) is 10.1. The molecule has 0 saturated carbocycles. The van der Waals surface area contributed by atoms with E-state index in [4.69, 9.17) is 33.7 Å². The quantitative estimate of drug-likeness (QED) is 0.329. The number of aryl methyl sites for hydroxylation is 1. The Morgan fingerprint density at radius 2 is 1.94 bits per heavy atom. The summed E-state index contributed by atoms with van der Waals surface area (Å²) in [6.45, 7) is 8.48. The van der Waals surface area contributed by atoms with Gasteiger partial charge in [-0.1, -0.05) is 23.2 Å². The fraction of sp³-hybridized carbons (Fsp3) is 0.400. The highest BCUT2D eigenvalue weighted by Gasteiger charge is 2.23. The predicted octanol–water partition coefficient (Wildman–Crippen LogP) is 5.52. The second-order valence-electron chi connectivity index (χ2n) is 9.31. The Labute approximate surface area is 214 Å². The molecule has 4 heterocycles. The average Bonchev–Trinajstić information content (AvgIpc) is 3.49. The summed E-state index contributed by atoms with van der Waals surface area (Å²) < 4.78 is 8.11. The third-order valence-electron chi connectivity index (χ3n) is 6.74. The summed E-state index contributed by atoms with van der Waals surface area (Å²) in [5.74, 6) is 0.586. The van der Waals surface area contributed by atoms with Crippen LogP contribution in [0.2, 0.25) is 10.0 Å². The maximum Gasteiger partial charge on any atom is 0.177 e. The Bertz CT molecular complexity index is 1340. The molecule has 3 N–H and O–H groups in total. The highest BCUT2D eigenvalue weighted by atomic mass is 35.5. The lowest BCUT2D eigenvalue weighted by Gasteiger charge is -2.34. The summed E-state index contributed by atoms with van der Waals surface area (Å²) in [6, 6.07) is 6.66. The molecule has 1 aliphatic heterocycles. The van der Waals surface area contributed by atoms with E-state index in [9.17, 15) is 0 Å². The first-order chi connectivity index (χ1) is 16.8. The van der Waals surface area contributed by atoms with Crippen LogP contribution in [0.4, 0.5) is 0 Å². The Hall–Kier alpha value is -2.65. The van der Waals surface area contributed by atoms with Gasteiger partial charge in [0.1, 0.15) is 11.4 Å². The lowest BCUT2D eigenvalue weighted by atomic mass is 10.0. The Morgan fingerprint density at radius 1 is 1.17 bits per heavy atom. The molecule has 1 atom stereocenters. The van der Waals surface area contributed by atoms with Crippen molar-refractivity contribution in [2.45, 2.75) is 51.9 Å². The predicted molar refractivity (Wildman–Crippen MR) is 139 cm³/mol. The molecule has 4 aromatic rings. The number of benzene rings is 1. The normalized spacial score (nSPS) is 16.3. The van der Waals surface area contributed by atoms with E-state index in [1.165, 1.54) is 6.20 Å². The van der Waals surface area contributed by atoms with Gasteiger partial charge in [-0.05, 0) is 51.8 Å². The van der Waals surface area contributed by atoms with E-state index in [1.54, 1.807) is 6.92 Å². The topological polar surface area (TPSA) is 97.9 Å². The van der Waals surface area contributed by atoms with E-state index < -0.39 is 6.23 Å². The number of aromatic amines is 1. The summed E-state index contributed by atoms with van der Waals surface area (Å²) in [5.41, 5.74) is 10.2. The van der Waals surface area contributed by atoms with Gasteiger partial charge in [-0.25, -0.2) is 0 Å². The Balaban J connectivity index is 1.38. The first-order valence-electron chi connectivity index (χ1n) is 11.8.